The van der Waals surface area contributed by atoms with Crippen molar-refractivity contribution in [1.29, 1.82) is 0 Å². The Labute approximate surface area is 90.1 Å². The van der Waals surface area contributed by atoms with Crippen LogP contribution >= 0.6 is 0 Å². The lowest BCUT2D eigenvalue weighted by Gasteiger charge is -2.15. The van der Waals surface area contributed by atoms with Crippen molar-refractivity contribution >= 4 is 11.6 Å². The average Bonchev–Trinajstić information content (AvgIpc) is 2.22. The number of nitrogen functional groups attached to an aromatic ring is 1. The van der Waals surface area contributed by atoms with E-state index in [1.54, 1.807) is 7.11 Å². The highest BCUT2D eigenvalue weighted by Gasteiger charge is 2.07. The van der Waals surface area contributed by atoms with Crippen LogP contribution in [0.2, 0.25) is 0 Å². The molecule has 0 radical (unpaired) electrons. The molecule has 1 atom stereocenters. The Balaban J connectivity index is 2.60. The molecule has 1 aromatic heterocycles. The first-order chi connectivity index (χ1) is 7.15. The second-order valence-electron chi connectivity index (χ2n) is 3.56. The number of nitrogens with two attached hydrogens (primary N) is 1. The summed E-state index contributed by atoms with van der Waals surface area (Å²) in [6.45, 7) is 4.71. The zero-order valence-electron chi connectivity index (χ0n) is 9.45. The van der Waals surface area contributed by atoms with Gasteiger partial charge in [0.1, 0.15) is 18.0 Å². The van der Waals surface area contributed by atoms with Crippen molar-refractivity contribution in [2.45, 2.75) is 26.3 Å². The van der Waals surface area contributed by atoms with Crippen LogP contribution in [0.5, 0.6) is 0 Å². The van der Waals surface area contributed by atoms with E-state index >= 15 is 0 Å². The van der Waals surface area contributed by atoms with Crippen molar-refractivity contribution in [3.05, 3.63) is 11.9 Å². The van der Waals surface area contributed by atoms with Crippen molar-refractivity contribution in [1.82, 2.24) is 9.97 Å². The molecule has 0 spiro atoms. The van der Waals surface area contributed by atoms with Crippen LogP contribution in [0.25, 0.3) is 0 Å². The maximum absolute atomic E-state index is 5.68. The van der Waals surface area contributed by atoms with E-state index in [0.29, 0.717) is 11.9 Å². The zero-order chi connectivity index (χ0) is 11.3. The Bertz CT molecular complexity index is 316. The topological polar surface area (TPSA) is 73.1 Å². The Morgan fingerprint density at radius 1 is 1.53 bits per heavy atom. The summed E-state index contributed by atoms with van der Waals surface area (Å²) in [7, 11) is 1.70. The second kappa shape index (κ2) is 5.50. The predicted molar refractivity (Wildman–Crippen MR) is 60.8 cm³/mol. The molecule has 0 aliphatic carbocycles. The van der Waals surface area contributed by atoms with E-state index in [1.165, 1.54) is 6.33 Å². The highest BCUT2D eigenvalue weighted by molar-refractivity contribution is 5.54. The van der Waals surface area contributed by atoms with Crippen molar-refractivity contribution in [2.75, 3.05) is 24.8 Å². The summed E-state index contributed by atoms with van der Waals surface area (Å²) in [6, 6.07) is 0.304. The van der Waals surface area contributed by atoms with Gasteiger partial charge in [-0.05, 0) is 20.3 Å². The Morgan fingerprint density at radius 2 is 2.27 bits per heavy atom. The van der Waals surface area contributed by atoms with Gasteiger partial charge in [-0.2, -0.15) is 0 Å². The number of ether oxygens (including phenoxy) is 1. The van der Waals surface area contributed by atoms with E-state index in [-0.39, 0.29) is 0 Å². The van der Waals surface area contributed by atoms with Gasteiger partial charge >= 0.3 is 0 Å². The number of hydrogen-bond acceptors (Lipinski definition) is 5. The minimum Gasteiger partial charge on any atom is -0.385 e. The Morgan fingerprint density at radius 3 is 2.93 bits per heavy atom. The van der Waals surface area contributed by atoms with Crippen molar-refractivity contribution < 1.29 is 4.74 Å². The number of aromatic nitrogens is 2. The van der Waals surface area contributed by atoms with Crippen LogP contribution < -0.4 is 11.1 Å². The fraction of sp³-hybridized carbons (Fsp3) is 0.600. The van der Waals surface area contributed by atoms with E-state index in [4.69, 9.17) is 10.5 Å². The van der Waals surface area contributed by atoms with E-state index in [2.05, 4.69) is 22.2 Å². The number of methoxy groups -OCH3 is 1. The molecule has 5 heteroatoms. The summed E-state index contributed by atoms with van der Waals surface area (Å²) >= 11 is 0. The molecule has 3 N–H and O–H groups in total. The van der Waals surface area contributed by atoms with Crippen LogP contribution in [0.3, 0.4) is 0 Å². The minimum absolute atomic E-state index is 0.304. The van der Waals surface area contributed by atoms with E-state index in [0.717, 1.165) is 24.4 Å². The molecule has 0 saturated heterocycles. The standard InChI is InChI=1S/C10H18N4O/c1-7(4-5-15-3)14-10-8(2)9(11)12-6-13-10/h6-7H,4-5H2,1-3H3,(H3,11,12,13,14). The molecule has 1 unspecified atom stereocenters. The molecular weight excluding hydrogens is 192 g/mol. The Kier molecular flexibility index (Phi) is 4.30. The summed E-state index contributed by atoms with van der Waals surface area (Å²) in [6.07, 6.45) is 2.40. The SMILES string of the molecule is COCCC(C)Nc1ncnc(N)c1C. The summed E-state index contributed by atoms with van der Waals surface area (Å²) in [5.41, 5.74) is 6.57. The van der Waals surface area contributed by atoms with Gasteiger partial charge in [-0.3, -0.25) is 0 Å². The first-order valence-electron chi connectivity index (χ1n) is 4.97. The fourth-order valence-electron chi connectivity index (χ4n) is 1.21. The molecule has 1 heterocycles. The van der Waals surface area contributed by atoms with Gasteiger partial charge in [-0.25, -0.2) is 9.97 Å². The van der Waals surface area contributed by atoms with Gasteiger partial charge in [0.2, 0.25) is 0 Å². The van der Waals surface area contributed by atoms with Crippen LogP contribution in [0.4, 0.5) is 11.6 Å². The molecule has 15 heavy (non-hydrogen) atoms. The van der Waals surface area contributed by atoms with Crippen molar-refractivity contribution in [2.24, 2.45) is 0 Å². The molecule has 0 bridgehead atoms. The predicted octanol–water partition coefficient (Wildman–Crippen LogP) is 1.20. The number of anilines is 2. The molecule has 0 saturated carbocycles. The van der Waals surface area contributed by atoms with Crippen LogP contribution in [-0.2, 0) is 4.74 Å². The Hall–Kier alpha value is -1.36. The lowest BCUT2D eigenvalue weighted by molar-refractivity contribution is 0.191. The third-order valence-corrected chi connectivity index (χ3v) is 2.26. The quantitative estimate of drug-likeness (QED) is 0.764. The van der Waals surface area contributed by atoms with Gasteiger partial charge in [0.15, 0.2) is 0 Å². The monoisotopic (exact) mass is 210 g/mol. The molecular formula is C10H18N4O. The van der Waals surface area contributed by atoms with Gasteiger partial charge in [-0.1, -0.05) is 0 Å². The smallest absolute Gasteiger partial charge is 0.134 e. The third-order valence-electron chi connectivity index (χ3n) is 2.26. The highest BCUT2D eigenvalue weighted by atomic mass is 16.5. The third kappa shape index (κ3) is 3.36. The van der Waals surface area contributed by atoms with Gasteiger partial charge < -0.3 is 15.8 Å². The molecule has 0 aliphatic rings. The largest absolute Gasteiger partial charge is 0.385 e. The molecule has 84 valence electrons. The fourth-order valence-corrected chi connectivity index (χ4v) is 1.21. The highest BCUT2D eigenvalue weighted by Crippen LogP contribution is 2.16. The number of nitrogens with zero attached hydrogens (tertiary/aromatic N) is 2. The van der Waals surface area contributed by atoms with E-state index < -0.39 is 0 Å². The van der Waals surface area contributed by atoms with E-state index in [1.807, 2.05) is 6.92 Å². The number of hydrogen-bond donors (Lipinski definition) is 2. The second-order valence-corrected chi connectivity index (χ2v) is 3.56. The lowest BCUT2D eigenvalue weighted by Crippen LogP contribution is -2.19. The van der Waals surface area contributed by atoms with Gasteiger partial charge in [0.05, 0.1) is 0 Å². The van der Waals surface area contributed by atoms with Crippen molar-refractivity contribution in [3.63, 3.8) is 0 Å². The molecule has 0 fully saturated rings. The molecule has 1 rings (SSSR count). The van der Waals surface area contributed by atoms with E-state index in [9.17, 15) is 0 Å². The summed E-state index contributed by atoms with van der Waals surface area (Å²) < 4.78 is 5.01. The van der Waals surface area contributed by atoms with Gasteiger partial charge in [-0.15, -0.1) is 0 Å². The minimum atomic E-state index is 0.304. The maximum Gasteiger partial charge on any atom is 0.134 e. The van der Waals surface area contributed by atoms with Gasteiger partial charge in [0, 0.05) is 25.3 Å². The van der Waals surface area contributed by atoms with Gasteiger partial charge in [0.25, 0.3) is 0 Å². The molecule has 0 amide bonds. The molecule has 5 nitrogen and oxygen atoms in total. The first kappa shape index (κ1) is 11.7. The van der Waals surface area contributed by atoms with Crippen LogP contribution in [-0.4, -0.2) is 29.7 Å². The summed E-state index contributed by atoms with van der Waals surface area (Å²) in [4.78, 5) is 8.05. The normalized spacial score (nSPS) is 12.5. The average molecular weight is 210 g/mol. The maximum atomic E-state index is 5.68. The molecule has 1 aromatic rings. The summed E-state index contributed by atoms with van der Waals surface area (Å²) in [5.74, 6) is 1.32. The number of rotatable bonds is 5. The molecule has 0 aromatic carbocycles. The zero-order valence-corrected chi connectivity index (χ0v) is 9.45. The summed E-state index contributed by atoms with van der Waals surface area (Å²) in [5, 5.41) is 3.27. The van der Waals surface area contributed by atoms with Crippen LogP contribution in [0, 0.1) is 6.92 Å². The first-order valence-corrected chi connectivity index (χ1v) is 4.97. The van der Waals surface area contributed by atoms with Crippen LogP contribution in [0.1, 0.15) is 18.9 Å². The van der Waals surface area contributed by atoms with Crippen LogP contribution in [0.15, 0.2) is 6.33 Å². The molecule has 0 aliphatic heterocycles. The number of nitrogens with one attached hydrogen (secondary N) is 1. The lowest BCUT2D eigenvalue weighted by atomic mass is 10.2. The van der Waals surface area contributed by atoms with Crippen molar-refractivity contribution in [3.8, 4) is 0 Å².